The maximum Gasteiger partial charge on any atom is 0.254 e. The molecular formula is C23H24N6O. The van der Waals surface area contributed by atoms with Gasteiger partial charge in [0.15, 0.2) is 0 Å². The van der Waals surface area contributed by atoms with Crippen molar-refractivity contribution in [2.75, 3.05) is 11.9 Å². The second-order valence-electron chi connectivity index (χ2n) is 7.37. The van der Waals surface area contributed by atoms with E-state index in [1.54, 1.807) is 0 Å². The lowest BCUT2D eigenvalue weighted by molar-refractivity contribution is 0.0953. The fraction of sp³-hybridized carbons (Fsp3) is 0.217. The van der Waals surface area contributed by atoms with Crippen LogP contribution in [-0.4, -0.2) is 32.4 Å². The third kappa shape index (κ3) is 4.30. The van der Waals surface area contributed by atoms with Gasteiger partial charge in [-0.1, -0.05) is 18.2 Å². The lowest BCUT2D eigenvalue weighted by Gasteiger charge is -2.08. The summed E-state index contributed by atoms with van der Waals surface area (Å²) in [5.41, 5.74) is 5.91. The molecule has 0 aliphatic carbocycles. The molecule has 3 N–H and O–H groups in total. The molecule has 0 atom stereocenters. The summed E-state index contributed by atoms with van der Waals surface area (Å²) in [6.07, 6.45) is 3.79. The number of hydrogen-bond acceptors (Lipinski definition) is 5. The van der Waals surface area contributed by atoms with Crippen LogP contribution in [0.25, 0.3) is 10.9 Å². The molecule has 3 heterocycles. The molecule has 0 saturated heterocycles. The van der Waals surface area contributed by atoms with Crippen LogP contribution in [0, 0.1) is 20.8 Å². The first kappa shape index (κ1) is 19.6. The number of benzene rings is 1. The standard InChI is InChI=1S/C23H24N6O/c1-14-10-15(2)27-21(11-14)29-23-25-12-17(13-26-23)22(30)24-9-8-18-16(3)28-20-7-5-4-6-19(18)20/h4-7,10-13,28H,8-9H2,1-3H3,(H,24,30)(H,25,26,27,29). The molecule has 3 aromatic heterocycles. The molecule has 1 amide bonds. The first-order valence-corrected chi connectivity index (χ1v) is 9.88. The topological polar surface area (TPSA) is 95.6 Å². The van der Waals surface area contributed by atoms with Gasteiger partial charge in [0.2, 0.25) is 5.95 Å². The van der Waals surface area contributed by atoms with E-state index in [1.807, 2.05) is 38.1 Å². The number of hydrogen-bond donors (Lipinski definition) is 3. The highest BCUT2D eigenvalue weighted by Crippen LogP contribution is 2.22. The number of aryl methyl sites for hydroxylation is 3. The minimum Gasteiger partial charge on any atom is -0.358 e. The van der Waals surface area contributed by atoms with E-state index >= 15 is 0 Å². The second kappa shape index (κ2) is 8.32. The molecule has 0 unspecified atom stereocenters. The smallest absolute Gasteiger partial charge is 0.254 e. The molecule has 0 radical (unpaired) electrons. The molecule has 4 aromatic rings. The summed E-state index contributed by atoms with van der Waals surface area (Å²) >= 11 is 0. The largest absolute Gasteiger partial charge is 0.358 e. The summed E-state index contributed by atoms with van der Waals surface area (Å²) in [5, 5.41) is 7.21. The summed E-state index contributed by atoms with van der Waals surface area (Å²) in [6.45, 7) is 6.53. The van der Waals surface area contributed by atoms with Crippen molar-refractivity contribution in [3.63, 3.8) is 0 Å². The fourth-order valence-electron chi connectivity index (χ4n) is 3.59. The third-order valence-corrected chi connectivity index (χ3v) is 4.94. The molecule has 7 nitrogen and oxygen atoms in total. The van der Waals surface area contributed by atoms with Gasteiger partial charge in [-0.2, -0.15) is 0 Å². The van der Waals surface area contributed by atoms with Crippen LogP contribution in [0.4, 0.5) is 11.8 Å². The predicted octanol–water partition coefficient (Wildman–Crippen LogP) is 3.99. The molecule has 4 rings (SSSR count). The SMILES string of the molecule is Cc1cc(C)nc(Nc2ncc(C(=O)NCCc3c(C)[nH]c4ccccc34)cn2)c1. The molecule has 0 fully saturated rings. The Morgan fingerprint density at radius 3 is 2.60 bits per heavy atom. The normalized spacial score (nSPS) is 10.9. The first-order chi connectivity index (χ1) is 14.5. The minimum absolute atomic E-state index is 0.191. The lowest BCUT2D eigenvalue weighted by atomic mass is 10.1. The van der Waals surface area contributed by atoms with Crippen molar-refractivity contribution in [2.24, 2.45) is 0 Å². The molecule has 0 spiro atoms. The Labute approximate surface area is 175 Å². The number of aromatic nitrogens is 4. The van der Waals surface area contributed by atoms with Crippen LogP contribution in [0.3, 0.4) is 0 Å². The van der Waals surface area contributed by atoms with Gasteiger partial charge in [0.25, 0.3) is 5.91 Å². The summed E-state index contributed by atoms with van der Waals surface area (Å²) in [4.78, 5) is 28.7. The van der Waals surface area contributed by atoms with E-state index in [4.69, 9.17) is 0 Å². The summed E-state index contributed by atoms with van der Waals surface area (Å²) < 4.78 is 0. The summed E-state index contributed by atoms with van der Waals surface area (Å²) in [6, 6.07) is 12.1. The number of nitrogens with zero attached hydrogens (tertiary/aromatic N) is 3. The van der Waals surface area contributed by atoms with Crippen LogP contribution >= 0.6 is 0 Å². The van der Waals surface area contributed by atoms with Crippen molar-refractivity contribution in [3.05, 3.63) is 76.9 Å². The van der Waals surface area contributed by atoms with Crippen molar-refractivity contribution >= 4 is 28.6 Å². The lowest BCUT2D eigenvalue weighted by Crippen LogP contribution is -2.26. The molecule has 0 bridgehead atoms. The van der Waals surface area contributed by atoms with Crippen molar-refractivity contribution in [1.82, 2.24) is 25.3 Å². The van der Waals surface area contributed by atoms with Crippen molar-refractivity contribution < 1.29 is 4.79 Å². The highest BCUT2D eigenvalue weighted by Gasteiger charge is 2.10. The Hall–Kier alpha value is -3.74. The number of carbonyl (C=O) groups excluding carboxylic acids is 1. The monoisotopic (exact) mass is 400 g/mol. The molecular weight excluding hydrogens is 376 g/mol. The Kier molecular flexibility index (Phi) is 5.43. The summed E-state index contributed by atoms with van der Waals surface area (Å²) in [5.74, 6) is 0.890. The molecule has 0 saturated carbocycles. The molecule has 7 heteroatoms. The average molecular weight is 400 g/mol. The van der Waals surface area contributed by atoms with Crippen LogP contribution in [0.5, 0.6) is 0 Å². The predicted molar refractivity (Wildman–Crippen MR) is 118 cm³/mol. The van der Waals surface area contributed by atoms with Gasteiger partial charge in [-0.15, -0.1) is 0 Å². The van der Waals surface area contributed by atoms with E-state index in [0.717, 1.165) is 28.9 Å². The van der Waals surface area contributed by atoms with Gasteiger partial charge in [0.05, 0.1) is 5.56 Å². The maximum atomic E-state index is 12.4. The van der Waals surface area contributed by atoms with Gasteiger partial charge in [-0.05, 0) is 56.5 Å². The number of fused-ring (bicyclic) bond motifs is 1. The van der Waals surface area contributed by atoms with Crippen LogP contribution in [0.15, 0.2) is 48.8 Å². The number of pyridine rings is 1. The zero-order chi connectivity index (χ0) is 21.1. The zero-order valence-corrected chi connectivity index (χ0v) is 17.3. The van der Waals surface area contributed by atoms with Crippen LogP contribution in [0.1, 0.15) is 32.9 Å². The van der Waals surface area contributed by atoms with Gasteiger partial charge in [-0.25, -0.2) is 15.0 Å². The Morgan fingerprint density at radius 1 is 1.07 bits per heavy atom. The van der Waals surface area contributed by atoms with Gasteiger partial charge >= 0.3 is 0 Å². The highest BCUT2D eigenvalue weighted by atomic mass is 16.1. The maximum absolute atomic E-state index is 12.4. The van der Waals surface area contributed by atoms with Crippen molar-refractivity contribution in [1.29, 1.82) is 0 Å². The Balaban J connectivity index is 1.36. The van der Waals surface area contributed by atoms with Crippen LogP contribution in [-0.2, 0) is 6.42 Å². The highest BCUT2D eigenvalue weighted by molar-refractivity contribution is 5.93. The van der Waals surface area contributed by atoms with Gasteiger partial charge in [-0.3, -0.25) is 4.79 Å². The van der Waals surface area contributed by atoms with Crippen LogP contribution < -0.4 is 10.6 Å². The zero-order valence-electron chi connectivity index (χ0n) is 17.3. The number of anilines is 2. The van der Waals surface area contributed by atoms with Crippen molar-refractivity contribution in [3.8, 4) is 0 Å². The molecule has 30 heavy (non-hydrogen) atoms. The van der Waals surface area contributed by atoms with E-state index in [1.165, 1.54) is 23.3 Å². The molecule has 1 aromatic carbocycles. The minimum atomic E-state index is -0.191. The van der Waals surface area contributed by atoms with Gasteiger partial charge in [0, 0.05) is 41.2 Å². The Morgan fingerprint density at radius 2 is 1.83 bits per heavy atom. The number of aromatic amines is 1. The van der Waals surface area contributed by atoms with Gasteiger partial charge < -0.3 is 15.6 Å². The van der Waals surface area contributed by atoms with E-state index in [9.17, 15) is 4.79 Å². The molecule has 152 valence electrons. The molecule has 0 aliphatic heterocycles. The van der Waals surface area contributed by atoms with E-state index < -0.39 is 0 Å². The first-order valence-electron chi connectivity index (χ1n) is 9.88. The van der Waals surface area contributed by atoms with E-state index in [0.29, 0.717) is 23.9 Å². The van der Waals surface area contributed by atoms with Crippen LogP contribution in [0.2, 0.25) is 0 Å². The number of para-hydroxylation sites is 1. The number of nitrogens with one attached hydrogen (secondary N) is 3. The number of rotatable bonds is 6. The number of amides is 1. The van der Waals surface area contributed by atoms with E-state index in [2.05, 4.69) is 49.6 Å². The van der Waals surface area contributed by atoms with Crippen molar-refractivity contribution in [2.45, 2.75) is 27.2 Å². The fourth-order valence-corrected chi connectivity index (χ4v) is 3.59. The average Bonchev–Trinajstić information content (AvgIpc) is 3.03. The second-order valence-corrected chi connectivity index (χ2v) is 7.37. The van der Waals surface area contributed by atoms with E-state index in [-0.39, 0.29) is 5.91 Å². The molecule has 0 aliphatic rings. The number of carbonyl (C=O) groups is 1. The number of H-pyrrole nitrogens is 1. The quantitative estimate of drug-likeness (QED) is 0.455. The Bertz CT molecular complexity index is 1180. The van der Waals surface area contributed by atoms with Gasteiger partial charge in [0.1, 0.15) is 5.82 Å². The summed E-state index contributed by atoms with van der Waals surface area (Å²) in [7, 11) is 0. The third-order valence-electron chi connectivity index (χ3n) is 4.94.